The molecule has 2 saturated heterocycles. The molecule has 2 aliphatic rings. The van der Waals surface area contributed by atoms with Crippen LogP contribution in [0.1, 0.15) is 40.7 Å². The van der Waals surface area contributed by atoms with Crippen molar-refractivity contribution in [2.45, 2.75) is 67.1 Å². The summed E-state index contributed by atoms with van der Waals surface area (Å²) >= 11 is 1.00. The third-order valence-electron chi connectivity index (χ3n) is 12.1. The van der Waals surface area contributed by atoms with Crippen molar-refractivity contribution in [1.29, 1.82) is 5.41 Å². The standard InChI is InChI=1S/C49H63N7O15S3/c1-66-41-28-70-42(29-71-74(63,64)65)45(44(41)67-2)69-25-24-68-23-20-52-47(58)35-14-17-37(18-15-35)53-43(57)31-72-30-40(55-73(61,62)38-19-16-33-8-4-5-9-36(33)27-38)48(59)54-39(49(60)56-21-6-3-7-22-56)26-32-10-12-34(13-11-32)46(50)51/h4-5,8-19,27,39-42,44-45,55H,3,6-7,20-26,28-31H2,1-2H3,(H3,50,51)(H,52,58)(H,53,57)(H,54,59)(H,63,64,65)/p-1/t39?,40-,41?,42?,44+,45-/m0/s1. The maximum Gasteiger partial charge on any atom is 0.251 e. The maximum atomic E-state index is 14.3. The Labute approximate surface area is 434 Å². The molecule has 25 heteroatoms. The number of nitrogens with two attached hydrogens (primary N) is 1. The monoisotopic (exact) mass is 1080 g/mol. The minimum Gasteiger partial charge on any atom is -0.726 e. The van der Waals surface area contributed by atoms with Crippen molar-refractivity contribution in [3.63, 3.8) is 0 Å². The average molecular weight is 1090 g/mol. The molecule has 2 fully saturated rings. The van der Waals surface area contributed by atoms with E-state index in [0.717, 1.165) is 36.4 Å². The maximum absolute atomic E-state index is 14.3. The lowest BCUT2D eigenvalue weighted by atomic mass is 10.00. The van der Waals surface area contributed by atoms with Gasteiger partial charge in [0.2, 0.25) is 38.1 Å². The molecule has 22 nitrogen and oxygen atoms in total. The van der Waals surface area contributed by atoms with E-state index in [1.807, 2.05) is 12.1 Å². The van der Waals surface area contributed by atoms with Crippen LogP contribution in [-0.2, 0) is 69.1 Å². The fraction of sp³-hybridized carbons (Fsp3) is 0.449. The molecule has 0 aliphatic carbocycles. The summed E-state index contributed by atoms with van der Waals surface area (Å²) in [6.07, 6.45) is -0.323. The van der Waals surface area contributed by atoms with Crippen LogP contribution < -0.4 is 26.4 Å². The van der Waals surface area contributed by atoms with E-state index in [2.05, 4.69) is 24.9 Å². The van der Waals surface area contributed by atoms with Gasteiger partial charge in [-0.15, -0.1) is 11.8 Å². The van der Waals surface area contributed by atoms with Crippen molar-refractivity contribution < 1.29 is 68.4 Å². The van der Waals surface area contributed by atoms with Crippen LogP contribution in [-0.4, -0.2) is 171 Å². The Morgan fingerprint density at radius 2 is 1.55 bits per heavy atom. The number of methoxy groups -OCH3 is 2. The van der Waals surface area contributed by atoms with Gasteiger partial charge in [-0.25, -0.2) is 16.8 Å². The first-order chi connectivity index (χ1) is 35.4. The molecule has 6 atom stereocenters. The minimum absolute atomic E-state index is 0.0219. The Kier molecular flexibility index (Phi) is 21.7. The number of fused-ring (bicyclic) bond motifs is 1. The number of piperidine rings is 1. The molecule has 0 spiro atoms. The Morgan fingerprint density at radius 3 is 2.23 bits per heavy atom. The number of nitrogen functional groups attached to an aromatic ring is 1. The van der Waals surface area contributed by atoms with E-state index in [0.29, 0.717) is 40.9 Å². The highest BCUT2D eigenvalue weighted by Gasteiger charge is 2.42. The molecule has 2 aliphatic heterocycles. The van der Waals surface area contributed by atoms with E-state index < -0.39 is 81.3 Å². The van der Waals surface area contributed by atoms with Crippen molar-refractivity contribution in [2.24, 2.45) is 5.73 Å². The summed E-state index contributed by atoms with van der Waals surface area (Å²) in [5, 5.41) is 17.5. The fourth-order valence-electron chi connectivity index (χ4n) is 8.29. The SMILES string of the molecule is COC1COC(COS(=O)(=O)[O-])[C@H](OCCOCCNC(=O)c2ccc(NC(=O)CSC[C@H](NS(=O)(=O)c3ccc4ccccc4c3)C(=O)NC(Cc3ccc(C(=N)N)cc3)C(=O)N3CCCCC3)cc2)[C@@H]1OC. The number of nitrogens with one attached hydrogen (secondary N) is 5. The molecule has 3 unspecified atom stereocenters. The lowest BCUT2D eigenvalue weighted by molar-refractivity contribution is -0.225. The first-order valence-electron chi connectivity index (χ1n) is 23.7. The van der Waals surface area contributed by atoms with Crippen molar-refractivity contribution in [1.82, 2.24) is 20.3 Å². The zero-order chi connectivity index (χ0) is 53.3. The number of rotatable bonds is 27. The van der Waals surface area contributed by atoms with Gasteiger partial charge in [-0.05, 0) is 72.0 Å². The average Bonchev–Trinajstić information content (AvgIpc) is 3.39. The molecule has 0 bridgehead atoms. The van der Waals surface area contributed by atoms with Crippen molar-refractivity contribution in [3.05, 3.63) is 108 Å². The van der Waals surface area contributed by atoms with Gasteiger partial charge in [0.25, 0.3) is 5.91 Å². The van der Waals surface area contributed by atoms with E-state index in [1.165, 1.54) is 50.6 Å². The van der Waals surface area contributed by atoms with Crippen molar-refractivity contribution in [3.8, 4) is 0 Å². The second-order valence-electron chi connectivity index (χ2n) is 17.3. The van der Waals surface area contributed by atoms with E-state index in [-0.39, 0.29) is 67.5 Å². The summed E-state index contributed by atoms with van der Waals surface area (Å²) in [6.45, 7) is 0.846. The number of thioether (sulfide) groups is 1. The third kappa shape index (κ3) is 17.2. The zero-order valence-electron chi connectivity index (χ0n) is 40.9. The fourth-order valence-corrected chi connectivity index (χ4v) is 10.8. The van der Waals surface area contributed by atoms with Gasteiger partial charge in [0.15, 0.2) is 0 Å². The number of carbonyl (C=O) groups excluding carboxylic acids is 4. The van der Waals surface area contributed by atoms with E-state index in [9.17, 15) is 40.6 Å². The van der Waals surface area contributed by atoms with Gasteiger partial charge >= 0.3 is 0 Å². The minimum atomic E-state index is -4.97. The predicted molar refractivity (Wildman–Crippen MR) is 274 cm³/mol. The Morgan fingerprint density at radius 1 is 0.851 bits per heavy atom. The molecule has 402 valence electrons. The highest BCUT2D eigenvalue weighted by Crippen LogP contribution is 2.24. The van der Waals surface area contributed by atoms with Crippen molar-refractivity contribution >= 4 is 78.1 Å². The Hall–Kier alpha value is -5.58. The lowest BCUT2D eigenvalue weighted by Gasteiger charge is -2.41. The molecular formula is C49H62N7O15S3-. The van der Waals surface area contributed by atoms with Gasteiger partial charge in [0, 0.05) is 62.8 Å². The van der Waals surface area contributed by atoms with Crippen LogP contribution in [0, 0.1) is 5.41 Å². The normalized spacial score (nSPS) is 19.0. The van der Waals surface area contributed by atoms with Gasteiger partial charge in [0.1, 0.15) is 42.3 Å². The zero-order valence-corrected chi connectivity index (χ0v) is 43.3. The predicted octanol–water partition coefficient (Wildman–Crippen LogP) is 1.92. The highest BCUT2D eigenvalue weighted by atomic mass is 32.3. The van der Waals surface area contributed by atoms with E-state index >= 15 is 0 Å². The lowest BCUT2D eigenvalue weighted by Crippen LogP contribution is -2.57. The quantitative estimate of drug-likeness (QED) is 0.0163. The summed E-state index contributed by atoms with van der Waals surface area (Å²) in [7, 11) is -6.40. The largest absolute Gasteiger partial charge is 0.726 e. The number of anilines is 1. The van der Waals surface area contributed by atoms with Crippen molar-refractivity contribution in [2.75, 3.05) is 83.7 Å². The highest BCUT2D eigenvalue weighted by molar-refractivity contribution is 8.00. The Balaban J connectivity index is 1.01. The second kappa shape index (κ2) is 27.8. The topological polar surface area (TPSA) is 316 Å². The number of amidine groups is 1. The number of benzene rings is 4. The summed E-state index contributed by atoms with van der Waals surface area (Å²) in [4.78, 5) is 56.0. The van der Waals surface area contributed by atoms with Crippen LogP contribution in [0.4, 0.5) is 5.69 Å². The van der Waals surface area contributed by atoms with E-state index in [4.69, 9.17) is 34.8 Å². The summed E-state index contributed by atoms with van der Waals surface area (Å²) in [5.41, 5.74) is 7.49. The van der Waals surface area contributed by atoms with Gasteiger partial charge in [-0.1, -0.05) is 54.6 Å². The third-order valence-corrected chi connectivity index (χ3v) is 15.1. The molecule has 0 radical (unpaired) electrons. The first kappa shape index (κ1) is 57.7. The Bertz CT molecular complexity index is 2770. The molecule has 4 aromatic carbocycles. The molecular weight excluding hydrogens is 1020 g/mol. The summed E-state index contributed by atoms with van der Waals surface area (Å²) in [5.74, 6) is -2.46. The molecule has 7 N–H and O–H groups in total. The van der Waals surface area contributed by atoms with Gasteiger partial charge in [-0.2, -0.15) is 4.72 Å². The number of likely N-dealkylation sites (tertiary alicyclic amines) is 1. The number of sulfonamides is 1. The number of amides is 4. The van der Waals surface area contributed by atoms with Gasteiger partial charge in [0.05, 0.1) is 43.7 Å². The molecule has 0 saturated carbocycles. The summed E-state index contributed by atoms with van der Waals surface area (Å²) in [6, 6.07) is 22.2. The van der Waals surface area contributed by atoms with Crippen LogP contribution in [0.5, 0.6) is 0 Å². The van der Waals surface area contributed by atoms with Gasteiger partial charge in [-0.3, -0.25) is 28.8 Å². The van der Waals surface area contributed by atoms with Crippen LogP contribution in [0.3, 0.4) is 0 Å². The van der Waals surface area contributed by atoms with Crippen LogP contribution in [0.15, 0.2) is 95.9 Å². The molecule has 4 amide bonds. The second-order valence-corrected chi connectivity index (χ2v) is 21.1. The smallest absolute Gasteiger partial charge is 0.251 e. The molecule has 0 aromatic heterocycles. The molecule has 6 rings (SSSR count). The first-order valence-corrected chi connectivity index (χ1v) is 27.7. The van der Waals surface area contributed by atoms with Crippen LogP contribution in [0.2, 0.25) is 0 Å². The summed E-state index contributed by atoms with van der Waals surface area (Å²) < 4.78 is 95.8. The van der Waals surface area contributed by atoms with Crippen LogP contribution in [0.25, 0.3) is 10.8 Å². The number of nitrogens with zero attached hydrogens (tertiary/aromatic N) is 1. The molecule has 74 heavy (non-hydrogen) atoms. The molecule has 4 aromatic rings. The number of ether oxygens (including phenoxy) is 5. The number of hydrogen-bond acceptors (Lipinski definition) is 17. The van der Waals surface area contributed by atoms with Gasteiger partial charge < -0.3 is 54.8 Å². The number of carbonyl (C=O) groups is 4. The van der Waals surface area contributed by atoms with Crippen LogP contribution >= 0.6 is 11.8 Å². The molecule has 2 heterocycles. The number of hydrogen-bond donors (Lipinski definition) is 6. The van der Waals surface area contributed by atoms with E-state index in [1.54, 1.807) is 47.4 Å².